The van der Waals surface area contributed by atoms with E-state index in [-0.39, 0.29) is 5.91 Å². The molecule has 4 nitrogen and oxygen atoms in total. The zero-order valence-electron chi connectivity index (χ0n) is 10.2. The van der Waals surface area contributed by atoms with Gasteiger partial charge in [-0.3, -0.25) is 4.79 Å². The molecule has 2 aliphatic rings. The van der Waals surface area contributed by atoms with Gasteiger partial charge in [0.1, 0.15) is 6.07 Å². The fourth-order valence-corrected chi connectivity index (χ4v) is 2.93. The van der Waals surface area contributed by atoms with E-state index in [4.69, 9.17) is 5.26 Å². The van der Waals surface area contributed by atoms with Gasteiger partial charge in [-0.25, -0.2) is 0 Å². The molecule has 0 radical (unpaired) electrons. The number of nitrogens with zero attached hydrogens (tertiary/aromatic N) is 3. The van der Waals surface area contributed by atoms with Crippen LogP contribution in [0.15, 0.2) is 24.3 Å². The number of amides is 1. The van der Waals surface area contributed by atoms with Gasteiger partial charge in [-0.15, -0.1) is 0 Å². The summed E-state index contributed by atoms with van der Waals surface area (Å²) in [5.41, 5.74) is 1.72. The Hall–Kier alpha value is -2.02. The summed E-state index contributed by atoms with van der Waals surface area (Å²) in [5, 5.41) is 9.14. The summed E-state index contributed by atoms with van der Waals surface area (Å²) in [6.45, 7) is 2.45. The molecule has 2 heterocycles. The highest BCUT2D eigenvalue weighted by Gasteiger charge is 2.35. The quantitative estimate of drug-likeness (QED) is 0.746. The molecule has 1 unspecified atom stereocenters. The van der Waals surface area contributed by atoms with Crippen LogP contribution in [0.5, 0.6) is 0 Å². The summed E-state index contributed by atoms with van der Waals surface area (Å²) in [4.78, 5) is 15.9. The molecule has 1 amide bonds. The number of carbonyl (C=O) groups is 1. The third-order valence-electron chi connectivity index (χ3n) is 3.86. The molecule has 1 aromatic carbocycles. The van der Waals surface area contributed by atoms with Gasteiger partial charge in [0.2, 0.25) is 5.91 Å². The monoisotopic (exact) mass is 241 g/mol. The highest BCUT2D eigenvalue weighted by molar-refractivity contribution is 5.79. The van der Waals surface area contributed by atoms with Crippen molar-refractivity contribution in [1.29, 1.82) is 5.26 Å². The molecule has 4 heteroatoms. The molecule has 92 valence electrons. The van der Waals surface area contributed by atoms with Crippen molar-refractivity contribution in [2.24, 2.45) is 0 Å². The van der Waals surface area contributed by atoms with Crippen LogP contribution in [0.3, 0.4) is 0 Å². The van der Waals surface area contributed by atoms with Gasteiger partial charge in [0.25, 0.3) is 0 Å². The zero-order valence-corrected chi connectivity index (χ0v) is 10.2. The van der Waals surface area contributed by atoms with Crippen LogP contribution < -0.4 is 4.90 Å². The van der Waals surface area contributed by atoms with E-state index in [1.54, 1.807) is 0 Å². The van der Waals surface area contributed by atoms with Crippen LogP contribution in [0.1, 0.15) is 18.4 Å². The lowest BCUT2D eigenvalue weighted by Gasteiger charge is -2.39. The third-order valence-corrected chi connectivity index (χ3v) is 3.86. The number of piperazine rings is 1. The molecule has 0 bridgehead atoms. The van der Waals surface area contributed by atoms with E-state index in [2.05, 4.69) is 11.0 Å². The van der Waals surface area contributed by atoms with Crippen LogP contribution in [0.2, 0.25) is 0 Å². The number of carbonyl (C=O) groups excluding carboxylic acids is 1. The Labute approximate surface area is 106 Å². The predicted octanol–water partition coefficient (Wildman–Crippen LogP) is 1.37. The van der Waals surface area contributed by atoms with Gasteiger partial charge < -0.3 is 9.80 Å². The van der Waals surface area contributed by atoms with Gasteiger partial charge in [0.05, 0.1) is 11.3 Å². The highest BCUT2D eigenvalue weighted by Crippen LogP contribution is 2.27. The average molecular weight is 241 g/mol. The molecule has 3 rings (SSSR count). The lowest BCUT2D eigenvalue weighted by Crippen LogP contribution is -2.51. The smallest absolute Gasteiger partial charge is 0.223 e. The maximum absolute atomic E-state index is 11.6. The molecule has 2 fully saturated rings. The van der Waals surface area contributed by atoms with E-state index in [1.165, 1.54) is 0 Å². The van der Waals surface area contributed by atoms with Gasteiger partial charge in [0, 0.05) is 32.1 Å². The minimum absolute atomic E-state index is 0.285. The number of benzene rings is 1. The van der Waals surface area contributed by atoms with Gasteiger partial charge in [-0.2, -0.15) is 5.26 Å². The van der Waals surface area contributed by atoms with Crippen molar-refractivity contribution in [3.63, 3.8) is 0 Å². The van der Waals surface area contributed by atoms with Crippen molar-refractivity contribution >= 4 is 11.6 Å². The molecular weight excluding hydrogens is 226 g/mol. The summed E-state index contributed by atoms with van der Waals surface area (Å²) in [6, 6.07) is 10.3. The van der Waals surface area contributed by atoms with E-state index in [9.17, 15) is 4.79 Å². The molecule has 2 aliphatic heterocycles. The fourth-order valence-electron chi connectivity index (χ4n) is 2.93. The van der Waals surface area contributed by atoms with E-state index in [0.29, 0.717) is 12.5 Å². The lowest BCUT2D eigenvalue weighted by molar-refractivity contribution is -0.129. The third kappa shape index (κ3) is 1.72. The van der Waals surface area contributed by atoms with E-state index in [1.807, 2.05) is 29.2 Å². The molecule has 0 aromatic heterocycles. The Morgan fingerprint density at radius 3 is 2.94 bits per heavy atom. The molecule has 0 N–H and O–H groups in total. The first kappa shape index (κ1) is 11.1. The largest absolute Gasteiger partial charge is 0.367 e. The fraction of sp³-hybridized carbons (Fsp3) is 0.429. The van der Waals surface area contributed by atoms with Gasteiger partial charge >= 0.3 is 0 Å². The Balaban J connectivity index is 1.83. The van der Waals surface area contributed by atoms with E-state index >= 15 is 0 Å². The van der Waals surface area contributed by atoms with Crippen molar-refractivity contribution in [1.82, 2.24) is 4.90 Å². The van der Waals surface area contributed by atoms with E-state index in [0.717, 1.165) is 37.3 Å². The summed E-state index contributed by atoms with van der Waals surface area (Å²) in [6.07, 6.45) is 1.63. The SMILES string of the molecule is N#Cc1ccccc1N1CCN2C(=O)CCC2C1. The lowest BCUT2D eigenvalue weighted by atomic mass is 10.1. The number of hydrogen-bond donors (Lipinski definition) is 0. The summed E-state index contributed by atoms with van der Waals surface area (Å²) in [7, 11) is 0. The molecule has 1 aromatic rings. The molecule has 18 heavy (non-hydrogen) atoms. The van der Waals surface area contributed by atoms with Crippen LogP contribution in [0.25, 0.3) is 0 Å². The zero-order chi connectivity index (χ0) is 12.5. The topological polar surface area (TPSA) is 47.3 Å². The number of rotatable bonds is 1. The Morgan fingerprint density at radius 2 is 2.11 bits per heavy atom. The predicted molar refractivity (Wildman–Crippen MR) is 68.1 cm³/mol. The van der Waals surface area contributed by atoms with Gasteiger partial charge in [0.15, 0.2) is 0 Å². The van der Waals surface area contributed by atoms with Crippen molar-refractivity contribution in [3.8, 4) is 6.07 Å². The summed E-state index contributed by atoms with van der Waals surface area (Å²) >= 11 is 0. The number of hydrogen-bond acceptors (Lipinski definition) is 3. The number of nitriles is 1. The van der Waals surface area contributed by atoms with E-state index < -0.39 is 0 Å². The second kappa shape index (κ2) is 4.34. The van der Waals surface area contributed by atoms with Crippen LogP contribution in [-0.4, -0.2) is 36.5 Å². The second-order valence-electron chi connectivity index (χ2n) is 4.85. The van der Waals surface area contributed by atoms with Crippen LogP contribution >= 0.6 is 0 Å². The Morgan fingerprint density at radius 1 is 1.28 bits per heavy atom. The van der Waals surface area contributed by atoms with Crippen molar-refractivity contribution in [2.75, 3.05) is 24.5 Å². The molecular formula is C14H15N3O. The van der Waals surface area contributed by atoms with Crippen LogP contribution in [0.4, 0.5) is 5.69 Å². The molecule has 1 atom stereocenters. The van der Waals surface area contributed by atoms with Crippen molar-refractivity contribution in [3.05, 3.63) is 29.8 Å². The molecule has 0 spiro atoms. The Kier molecular flexibility index (Phi) is 2.67. The van der Waals surface area contributed by atoms with Crippen LogP contribution in [0, 0.1) is 11.3 Å². The second-order valence-corrected chi connectivity index (χ2v) is 4.85. The minimum Gasteiger partial charge on any atom is -0.367 e. The van der Waals surface area contributed by atoms with Crippen molar-refractivity contribution in [2.45, 2.75) is 18.9 Å². The first-order valence-electron chi connectivity index (χ1n) is 6.33. The average Bonchev–Trinajstić information content (AvgIpc) is 2.80. The summed E-state index contributed by atoms with van der Waals surface area (Å²) in [5.74, 6) is 0.285. The minimum atomic E-state index is 0.285. The van der Waals surface area contributed by atoms with Crippen LogP contribution in [-0.2, 0) is 4.79 Å². The normalized spacial score (nSPS) is 22.8. The maximum Gasteiger partial charge on any atom is 0.223 e. The molecule has 0 aliphatic carbocycles. The highest BCUT2D eigenvalue weighted by atomic mass is 16.2. The number of anilines is 1. The first-order valence-corrected chi connectivity index (χ1v) is 6.33. The number of para-hydroxylation sites is 1. The first-order chi connectivity index (χ1) is 8.79. The number of fused-ring (bicyclic) bond motifs is 1. The maximum atomic E-state index is 11.6. The standard InChI is InChI=1S/C14H15N3O/c15-9-11-3-1-2-4-13(11)16-7-8-17-12(10-16)5-6-14(17)18/h1-4,12H,5-8,10H2. The molecule has 0 saturated carbocycles. The Bertz CT molecular complexity index is 520. The molecule has 2 saturated heterocycles. The van der Waals surface area contributed by atoms with Gasteiger partial charge in [-0.1, -0.05) is 12.1 Å². The summed E-state index contributed by atoms with van der Waals surface area (Å²) < 4.78 is 0. The van der Waals surface area contributed by atoms with Gasteiger partial charge in [-0.05, 0) is 18.6 Å². The van der Waals surface area contributed by atoms with Crippen molar-refractivity contribution < 1.29 is 4.79 Å².